The van der Waals surface area contributed by atoms with Crippen LogP contribution < -0.4 is 5.32 Å². The van der Waals surface area contributed by atoms with Gasteiger partial charge in [0, 0.05) is 26.2 Å². The molecule has 16 heavy (non-hydrogen) atoms. The maximum atomic E-state index is 8.95. The van der Waals surface area contributed by atoms with Gasteiger partial charge in [0.15, 0.2) is 0 Å². The molecule has 0 unspecified atom stereocenters. The number of rotatable bonds is 9. The second-order valence-corrected chi connectivity index (χ2v) is 3.74. The van der Waals surface area contributed by atoms with Crippen molar-refractivity contribution in [3.05, 3.63) is 36.5 Å². The van der Waals surface area contributed by atoms with Gasteiger partial charge in [0.25, 0.3) is 0 Å². The molecule has 0 aromatic carbocycles. The Morgan fingerprint density at radius 3 is 2.69 bits per heavy atom. The Morgan fingerprint density at radius 2 is 2.12 bits per heavy atom. The smallest absolute Gasteiger partial charge is 0.0558 e. The van der Waals surface area contributed by atoms with E-state index in [0.29, 0.717) is 0 Å². The number of hydrogen-bond donors (Lipinski definition) is 2. The second-order valence-electron chi connectivity index (χ2n) is 3.74. The first kappa shape index (κ1) is 15.1. The van der Waals surface area contributed by atoms with Crippen molar-refractivity contribution in [2.45, 2.75) is 6.92 Å². The standard InChI is InChI=1S/C13H24N2O/c1-4-5-6-7-13(2)12-15(10-11-16)9-8-14-3/h4-7,14,16H,1,8-12H2,2-3H3/b6-5-,13-7+. The van der Waals surface area contributed by atoms with Crippen LogP contribution >= 0.6 is 0 Å². The quantitative estimate of drug-likeness (QED) is 0.578. The summed E-state index contributed by atoms with van der Waals surface area (Å²) in [7, 11) is 1.94. The lowest BCUT2D eigenvalue weighted by molar-refractivity contribution is 0.207. The van der Waals surface area contributed by atoms with Crippen LogP contribution in [0, 0.1) is 0 Å². The molecular formula is C13H24N2O. The number of aliphatic hydroxyl groups is 1. The monoisotopic (exact) mass is 224 g/mol. The molecule has 0 heterocycles. The van der Waals surface area contributed by atoms with Crippen LogP contribution in [0.5, 0.6) is 0 Å². The lowest BCUT2D eigenvalue weighted by Crippen LogP contribution is -2.34. The van der Waals surface area contributed by atoms with Crippen LogP contribution in [0.4, 0.5) is 0 Å². The zero-order valence-electron chi connectivity index (χ0n) is 10.4. The van der Waals surface area contributed by atoms with Gasteiger partial charge in [-0.2, -0.15) is 0 Å². The predicted octanol–water partition coefficient (Wildman–Crippen LogP) is 1.19. The summed E-state index contributed by atoms with van der Waals surface area (Å²) >= 11 is 0. The summed E-state index contributed by atoms with van der Waals surface area (Å²) in [6, 6.07) is 0. The van der Waals surface area contributed by atoms with E-state index in [0.717, 1.165) is 26.2 Å². The number of nitrogens with zero attached hydrogens (tertiary/aromatic N) is 1. The van der Waals surface area contributed by atoms with Crippen LogP contribution in [0.1, 0.15) is 6.92 Å². The normalized spacial score (nSPS) is 12.6. The van der Waals surface area contributed by atoms with Crippen molar-refractivity contribution in [1.29, 1.82) is 0 Å². The fourth-order valence-electron chi connectivity index (χ4n) is 1.39. The number of aliphatic hydroxyl groups excluding tert-OH is 1. The molecule has 0 aliphatic rings. The first-order chi connectivity index (χ1) is 7.74. The minimum absolute atomic E-state index is 0.208. The SMILES string of the molecule is C=C/C=C\C=C(/C)CN(CCO)CCNC. The van der Waals surface area contributed by atoms with Crippen molar-refractivity contribution in [2.75, 3.05) is 39.8 Å². The number of hydrogen-bond acceptors (Lipinski definition) is 3. The Morgan fingerprint density at radius 1 is 1.38 bits per heavy atom. The zero-order chi connectivity index (χ0) is 12.2. The Hall–Kier alpha value is -0.900. The lowest BCUT2D eigenvalue weighted by Gasteiger charge is -2.21. The molecule has 0 fully saturated rings. The third-order valence-electron chi connectivity index (χ3n) is 2.20. The molecule has 0 aromatic heterocycles. The van der Waals surface area contributed by atoms with E-state index in [2.05, 4.69) is 29.8 Å². The average molecular weight is 224 g/mol. The second kappa shape index (κ2) is 10.6. The summed E-state index contributed by atoms with van der Waals surface area (Å²) in [6.07, 6.45) is 7.73. The highest BCUT2D eigenvalue weighted by molar-refractivity contribution is 5.15. The van der Waals surface area contributed by atoms with E-state index in [1.54, 1.807) is 6.08 Å². The first-order valence-electron chi connectivity index (χ1n) is 5.67. The summed E-state index contributed by atoms with van der Waals surface area (Å²) in [5.74, 6) is 0. The topological polar surface area (TPSA) is 35.5 Å². The minimum atomic E-state index is 0.208. The van der Waals surface area contributed by atoms with E-state index in [1.807, 2.05) is 19.2 Å². The van der Waals surface area contributed by atoms with Crippen LogP contribution in [-0.2, 0) is 0 Å². The molecule has 0 aromatic rings. The van der Waals surface area contributed by atoms with E-state index in [1.165, 1.54) is 5.57 Å². The molecule has 2 N–H and O–H groups in total. The summed E-state index contributed by atoms with van der Waals surface area (Å²) in [4.78, 5) is 2.23. The third-order valence-corrected chi connectivity index (χ3v) is 2.20. The zero-order valence-corrected chi connectivity index (χ0v) is 10.4. The Labute approximate surface area is 99.2 Å². The van der Waals surface area contributed by atoms with Crippen LogP contribution in [0.25, 0.3) is 0 Å². The Kier molecular flexibility index (Phi) is 10.0. The van der Waals surface area contributed by atoms with E-state index in [9.17, 15) is 0 Å². The van der Waals surface area contributed by atoms with Crippen molar-refractivity contribution in [1.82, 2.24) is 10.2 Å². The maximum absolute atomic E-state index is 8.95. The maximum Gasteiger partial charge on any atom is 0.0558 e. The molecule has 0 rings (SSSR count). The number of likely N-dealkylation sites (N-methyl/N-ethyl adjacent to an activating group) is 1. The molecule has 0 amide bonds. The van der Waals surface area contributed by atoms with Crippen molar-refractivity contribution in [2.24, 2.45) is 0 Å². The van der Waals surface area contributed by atoms with Crippen LogP contribution in [0.2, 0.25) is 0 Å². The van der Waals surface area contributed by atoms with Gasteiger partial charge in [0.05, 0.1) is 6.61 Å². The molecule has 92 valence electrons. The summed E-state index contributed by atoms with van der Waals surface area (Å²) in [6.45, 7) is 9.43. The van der Waals surface area contributed by atoms with Gasteiger partial charge in [-0.1, -0.05) is 36.5 Å². The van der Waals surface area contributed by atoms with Gasteiger partial charge in [-0.05, 0) is 14.0 Å². The van der Waals surface area contributed by atoms with Crippen molar-refractivity contribution in [3.63, 3.8) is 0 Å². The number of allylic oxidation sites excluding steroid dienone is 4. The number of nitrogens with one attached hydrogen (secondary N) is 1. The van der Waals surface area contributed by atoms with Gasteiger partial charge in [0.2, 0.25) is 0 Å². The highest BCUT2D eigenvalue weighted by Gasteiger charge is 2.03. The third kappa shape index (κ3) is 8.41. The van der Waals surface area contributed by atoms with Crippen LogP contribution in [0.15, 0.2) is 36.5 Å². The highest BCUT2D eigenvalue weighted by Crippen LogP contribution is 1.98. The largest absolute Gasteiger partial charge is 0.395 e. The van der Waals surface area contributed by atoms with Gasteiger partial charge in [-0.3, -0.25) is 4.90 Å². The van der Waals surface area contributed by atoms with Gasteiger partial charge in [-0.25, -0.2) is 0 Å². The molecule has 0 aliphatic heterocycles. The van der Waals surface area contributed by atoms with Crippen molar-refractivity contribution in [3.8, 4) is 0 Å². The first-order valence-corrected chi connectivity index (χ1v) is 5.67. The summed E-state index contributed by atoms with van der Waals surface area (Å²) in [5.41, 5.74) is 1.28. The molecule has 3 heteroatoms. The predicted molar refractivity (Wildman–Crippen MR) is 70.5 cm³/mol. The molecule has 0 radical (unpaired) electrons. The molecule has 0 aliphatic carbocycles. The minimum Gasteiger partial charge on any atom is -0.395 e. The van der Waals surface area contributed by atoms with Crippen LogP contribution in [-0.4, -0.2) is 49.8 Å². The van der Waals surface area contributed by atoms with Crippen molar-refractivity contribution < 1.29 is 5.11 Å². The van der Waals surface area contributed by atoms with E-state index in [4.69, 9.17) is 5.11 Å². The van der Waals surface area contributed by atoms with Crippen molar-refractivity contribution >= 4 is 0 Å². The fraction of sp³-hybridized carbons (Fsp3) is 0.538. The lowest BCUT2D eigenvalue weighted by atomic mass is 10.2. The van der Waals surface area contributed by atoms with E-state index in [-0.39, 0.29) is 6.61 Å². The molecular weight excluding hydrogens is 200 g/mol. The van der Waals surface area contributed by atoms with Gasteiger partial charge >= 0.3 is 0 Å². The molecule has 0 atom stereocenters. The Bertz CT molecular complexity index is 234. The molecule has 0 saturated heterocycles. The molecule has 3 nitrogen and oxygen atoms in total. The Balaban J connectivity index is 4.09. The average Bonchev–Trinajstić information content (AvgIpc) is 2.26. The van der Waals surface area contributed by atoms with E-state index < -0.39 is 0 Å². The molecule has 0 saturated carbocycles. The highest BCUT2D eigenvalue weighted by atomic mass is 16.3. The van der Waals surface area contributed by atoms with E-state index >= 15 is 0 Å². The molecule has 0 bridgehead atoms. The summed E-state index contributed by atoms with van der Waals surface area (Å²) < 4.78 is 0. The van der Waals surface area contributed by atoms with Gasteiger partial charge < -0.3 is 10.4 Å². The van der Waals surface area contributed by atoms with Gasteiger partial charge in [0.1, 0.15) is 0 Å². The van der Waals surface area contributed by atoms with Crippen LogP contribution in [0.3, 0.4) is 0 Å². The van der Waals surface area contributed by atoms with Gasteiger partial charge in [-0.15, -0.1) is 0 Å². The summed E-state index contributed by atoms with van der Waals surface area (Å²) in [5, 5.41) is 12.1. The molecule has 0 spiro atoms. The fourth-order valence-corrected chi connectivity index (χ4v) is 1.39.